The first-order valence-electron chi connectivity index (χ1n) is 6.28. The predicted octanol–water partition coefficient (Wildman–Crippen LogP) is 4.44. The first-order chi connectivity index (χ1) is 10.0. The lowest BCUT2D eigenvalue weighted by Gasteiger charge is -2.19. The SMILES string of the molecule is CC(C)(C)OC(=O)/C(Cl)=C(\C#Cc1ccccc1)C(F)(F)F. The van der Waals surface area contributed by atoms with Crippen molar-refractivity contribution in [2.45, 2.75) is 32.5 Å². The van der Waals surface area contributed by atoms with E-state index in [2.05, 4.69) is 5.92 Å². The zero-order chi connectivity index (χ0) is 17.0. The largest absolute Gasteiger partial charge is 0.456 e. The van der Waals surface area contributed by atoms with Crippen LogP contribution in [0.25, 0.3) is 0 Å². The number of hydrogen-bond acceptors (Lipinski definition) is 2. The monoisotopic (exact) mass is 330 g/mol. The highest BCUT2D eigenvalue weighted by Crippen LogP contribution is 2.30. The lowest BCUT2D eigenvalue weighted by Crippen LogP contribution is -2.25. The average molecular weight is 331 g/mol. The van der Waals surface area contributed by atoms with Crippen LogP contribution in [0.3, 0.4) is 0 Å². The second kappa shape index (κ2) is 6.89. The molecule has 0 saturated heterocycles. The molecule has 118 valence electrons. The molecule has 0 aliphatic rings. The molecular formula is C16H14ClF3O2. The number of rotatable bonds is 1. The molecule has 0 bridgehead atoms. The Morgan fingerprint density at radius 1 is 1.14 bits per heavy atom. The van der Waals surface area contributed by atoms with Gasteiger partial charge in [-0.05, 0) is 32.9 Å². The fraction of sp³-hybridized carbons (Fsp3) is 0.312. The van der Waals surface area contributed by atoms with Crippen LogP contribution in [0.4, 0.5) is 13.2 Å². The maximum absolute atomic E-state index is 13.0. The minimum atomic E-state index is -4.85. The Labute approximate surface area is 131 Å². The maximum Gasteiger partial charge on any atom is 0.425 e. The minimum absolute atomic E-state index is 0.373. The Bertz CT molecular complexity index is 629. The summed E-state index contributed by atoms with van der Waals surface area (Å²) in [5, 5.41) is -1.08. The molecule has 0 saturated carbocycles. The van der Waals surface area contributed by atoms with Gasteiger partial charge in [0.15, 0.2) is 0 Å². The molecule has 0 aliphatic heterocycles. The van der Waals surface area contributed by atoms with E-state index < -0.39 is 28.4 Å². The van der Waals surface area contributed by atoms with E-state index in [9.17, 15) is 18.0 Å². The number of alkyl halides is 3. The van der Waals surface area contributed by atoms with E-state index in [0.717, 1.165) is 0 Å². The van der Waals surface area contributed by atoms with Crippen LogP contribution in [0.2, 0.25) is 0 Å². The van der Waals surface area contributed by atoms with Crippen LogP contribution in [0, 0.1) is 11.8 Å². The lowest BCUT2D eigenvalue weighted by molar-refractivity contribution is -0.149. The summed E-state index contributed by atoms with van der Waals surface area (Å²) in [6, 6.07) is 8.07. The van der Waals surface area contributed by atoms with Gasteiger partial charge in [0, 0.05) is 5.56 Å². The molecule has 0 radical (unpaired) electrons. The summed E-state index contributed by atoms with van der Waals surface area (Å²) in [6.45, 7) is 4.58. The molecule has 1 aromatic carbocycles. The molecule has 0 heterocycles. The molecule has 6 heteroatoms. The highest BCUT2D eigenvalue weighted by atomic mass is 35.5. The smallest absolute Gasteiger partial charge is 0.425 e. The molecule has 0 atom stereocenters. The van der Waals surface area contributed by atoms with Gasteiger partial charge in [0.25, 0.3) is 0 Å². The van der Waals surface area contributed by atoms with Gasteiger partial charge in [-0.25, -0.2) is 4.79 Å². The van der Waals surface area contributed by atoms with Crippen LogP contribution in [-0.4, -0.2) is 17.7 Å². The van der Waals surface area contributed by atoms with Crippen LogP contribution in [-0.2, 0) is 9.53 Å². The summed E-state index contributed by atoms with van der Waals surface area (Å²) in [5.74, 6) is 2.98. The van der Waals surface area contributed by atoms with E-state index in [0.29, 0.717) is 5.56 Å². The number of esters is 1. The molecular weight excluding hydrogens is 317 g/mol. The van der Waals surface area contributed by atoms with Crippen LogP contribution in [0.1, 0.15) is 26.3 Å². The summed E-state index contributed by atoms with van der Waals surface area (Å²) in [6.07, 6.45) is -4.85. The Morgan fingerprint density at radius 2 is 1.68 bits per heavy atom. The molecule has 2 nitrogen and oxygen atoms in total. The van der Waals surface area contributed by atoms with Gasteiger partial charge in [-0.1, -0.05) is 41.6 Å². The first-order valence-corrected chi connectivity index (χ1v) is 6.66. The Morgan fingerprint density at radius 3 is 2.14 bits per heavy atom. The van der Waals surface area contributed by atoms with Crippen molar-refractivity contribution in [2.24, 2.45) is 0 Å². The van der Waals surface area contributed by atoms with Gasteiger partial charge in [0.1, 0.15) is 16.2 Å². The molecule has 22 heavy (non-hydrogen) atoms. The number of benzene rings is 1. The summed E-state index contributed by atoms with van der Waals surface area (Å²) in [7, 11) is 0. The summed E-state index contributed by atoms with van der Waals surface area (Å²) in [5.41, 5.74) is -2.01. The van der Waals surface area contributed by atoms with Gasteiger partial charge in [0.05, 0.1) is 0 Å². The average Bonchev–Trinajstić information content (AvgIpc) is 2.36. The predicted molar refractivity (Wildman–Crippen MR) is 78.1 cm³/mol. The van der Waals surface area contributed by atoms with Crippen molar-refractivity contribution in [3.63, 3.8) is 0 Å². The van der Waals surface area contributed by atoms with Crippen LogP contribution in [0.5, 0.6) is 0 Å². The van der Waals surface area contributed by atoms with E-state index in [4.69, 9.17) is 16.3 Å². The molecule has 0 unspecified atom stereocenters. The third-order valence-electron chi connectivity index (χ3n) is 2.19. The van der Waals surface area contributed by atoms with Gasteiger partial charge in [-0.15, -0.1) is 0 Å². The quantitative estimate of drug-likeness (QED) is 0.432. The van der Waals surface area contributed by atoms with Crippen molar-refractivity contribution >= 4 is 17.6 Å². The van der Waals surface area contributed by atoms with Crippen molar-refractivity contribution < 1.29 is 22.7 Å². The lowest BCUT2D eigenvalue weighted by atomic mass is 10.1. The van der Waals surface area contributed by atoms with E-state index in [1.54, 1.807) is 30.3 Å². The summed E-state index contributed by atoms with van der Waals surface area (Å²) in [4.78, 5) is 11.7. The van der Waals surface area contributed by atoms with Gasteiger partial charge >= 0.3 is 12.1 Å². The fourth-order valence-corrected chi connectivity index (χ4v) is 1.52. The topological polar surface area (TPSA) is 26.3 Å². The van der Waals surface area contributed by atoms with Gasteiger partial charge in [-0.3, -0.25) is 0 Å². The number of allylic oxidation sites excluding steroid dienone is 1. The summed E-state index contributed by atoms with van der Waals surface area (Å²) >= 11 is 5.54. The standard InChI is InChI=1S/C16H14ClF3O2/c1-15(2,3)22-14(21)13(17)12(16(18,19)20)10-9-11-7-5-4-6-8-11/h4-8H,1-3H3/b13-12-. The molecule has 0 fully saturated rings. The fourth-order valence-electron chi connectivity index (χ4n) is 1.33. The maximum atomic E-state index is 13.0. The Kier molecular flexibility index (Phi) is 5.67. The highest BCUT2D eigenvalue weighted by Gasteiger charge is 2.38. The normalized spacial score (nSPS) is 12.9. The van der Waals surface area contributed by atoms with Crippen LogP contribution < -0.4 is 0 Å². The van der Waals surface area contributed by atoms with E-state index in [1.165, 1.54) is 20.8 Å². The van der Waals surface area contributed by atoms with Gasteiger partial charge in [0.2, 0.25) is 0 Å². The molecule has 0 spiro atoms. The van der Waals surface area contributed by atoms with Crippen LogP contribution in [0.15, 0.2) is 40.9 Å². The number of carbonyl (C=O) groups is 1. The number of ether oxygens (including phenoxy) is 1. The van der Waals surface area contributed by atoms with Gasteiger partial charge < -0.3 is 4.74 Å². The Hall–Kier alpha value is -1.93. The van der Waals surface area contributed by atoms with E-state index in [-0.39, 0.29) is 0 Å². The number of halogens is 4. The van der Waals surface area contributed by atoms with Crippen molar-refractivity contribution in [3.8, 4) is 11.8 Å². The van der Waals surface area contributed by atoms with Crippen molar-refractivity contribution in [1.29, 1.82) is 0 Å². The van der Waals surface area contributed by atoms with Crippen molar-refractivity contribution in [1.82, 2.24) is 0 Å². The molecule has 0 N–H and O–H groups in total. The second-order valence-corrected chi connectivity index (χ2v) is 5.68. The third-order valence-corrected chi connectivity index (χ3v) is 2.53. The molecule has 0 aliphatic carbocycles. The second-order valence-electron chi connectivity index (χ2n) is 5.30. The molecule has 1 aromatic rings. The zero-order valence-electron chi connectivity index (χ0n) is 12.2. The number of hydrogen-bond donors (Lipinski definition) is 0. The van der Waals surface area contributed by atoms with Crippen molar-refractivity contribution in [3.05, 3.63) is 46.5 Å². The van der Waals surface area contributed by atoms with E-state index in [1.807, 2.05) is 5.92 Å². The molecule has 1 rings (SSSR count). The van der Waals surface area contributed by atoms with E-state index >= 15 is 0 Å². The third kappa shape index (κ3) is 5.82. The number of carbonyl (C=O) groups excluding carboxylic acids is 1. The minimum Gasteiger partial charge on any atom is -0.456 e. The first kappa shape index (κ1) is 18.1. The zero-order valence-corrected chi connectivity index (χ0v) is 13.0. The summed E-state index contributed by atoms with van der Waals surface area (Å²) < 4.78 is 43.9. The van der Waals surface area contributed by atoms with Gasteiger partial charge in [-0.2, -0.15) is 13.2 Å². The van der Waals surface area contributed by atoms with Crippen LogP contribution >= 0.6 is 11.6 Å². The molecule has 0 amide bonds. The Balaban J connectivity index is 3.22. The van der Waals surface area contributed by atoms with Crippen molar-refractivity contribution in [2.75, 3.05) is 0 Å². The highest BCUT2D eigenvalue weighted by molar-refractivity contribution is 6.42. The molecule has 0 aromatic heterocycles.